The molecule has 1 aromatic carbocycles. The molecule has 0 bridgehead atoms. The van der Waals surface area contributed by atoms with Crippen molar-refractivity contribution in [1.82, 2.24) is 0 Å². The van der Waals surface area contributed by atoms with E-state index in [-0.39, 0.29) is 0 Å². The Morgan fingerprint density at radius 1 is 1.43 bits per heavy atom. The highest BCUT2D eigenvalue weighted by Crippen LogP contribution is 2.21. The third-order valence-electron chi connectivity index (χ3n) is 1.85. The maximum Gasteiger partial charge on any atom is 0.337 e. The van der Waals surface area contributed by atoms with Crippen LogP contribution in [0.2, 0.25) is 0 Å². The van der Waals surface area contributed by atoms with Gasteiger partial charge in [0, 0.05) is 5.56 Å². The van der Waals surface area contributed by atoms with Gasteiger partial charge in [-0.15, -0.1) is 0 Å². The van der Waals surface area contributed by atoms with Crippen molar-refractivity contribution in [2.75, 3.05) is 14.2 Å². The summed E-state index contributed by atoms with van der Waals surface area (Å²) in [6, 6.07) is 4.47. The summed E-state index contributed by atoms with van der Waals surface area (Å²) in [5, 5.41) is 0. The first kappa shape index (κ1) is 10.5. The van der Waals surface area contributed by atoms with E-state index < -0.39 is 12.6 Å². The highest BCUT2D eigenvalue weighted by Gasteiger charge is 2.09. The zero-order chi connectivity index (χ0) is 10.6. The minimum Gasteiger partial charge on any atom is -0.496 e. The van der Waals surface area contributed by atoms with Gasteiger partial charge in [-0.25, -0.2) is 9.18 Å². The Bertz CT molecular complexity index is 336. The van der Waals surface area contributed by atoms with Gasteiger partial charge >= 0.3 is 5.97 Å². The highest BCUT2D eigenvalue weighted by molar-refractivity contribution is 5.89. The van der Waals surface area contributed by atoms with E-state index in [0.717, 1.165) is 0 Å². The molecule has 0 saturated carbocycles. The molecular formula is C10H11FO3. The van der Waals surface area contributed by atoms with Crippen LogP contribution in [0.15, 0.2) is 18.2 Å². The number of rotatable bonds is 3. The summed E-state index contributed by atoms with van der Waals surface area (Å²) in [5.74, 6) is -0.107. The Kier molecular flexibility index (Phi) is 3.45. The zero-order valence-corrected chi connectivity index (χ0v) is 8.04. The largest absolute Gasteiger partial charge is 0.496 e. The zero-order valence-electron chi connectivity index (χ0n) is 8.04. The van der Waals surface area contributed by atoms with Crippen molar-refractivity contribution < 1.29 is 18.7 Å². The van der Waals surface area contributed by atoms with Crippen LogP contribution in [-0.2, 0) is 11.4 Å². The molecule has 0 atom stereocenters. The number of ether oxygens (including phenoxy) is 2. The molecule has 1 rings (SSSR count). The lowest BCUT2D eigenvalue weighted by Crippen LogP contribution is -2.02. The summed E-state index contributed by atoms with van der Waals surface area (Å²) in [5.41, 5.74) is 0.765. The molecular weight excluding hydrogens is 187 g/mol. The molecule has 76 valence electrons. The Labute approximate surface area is 81.4 Å². The van der Waals surface area contributed by atoms with Crippen molar-refractivity contribution in [1.29, 1.82) is 0 Å². The minimum atomic E-state index is -0.620. The fraction of sp³-hybridized carbons (Fsp3) is 0.300. The van der Waals surface area contributed by atoms with Crippen molar-refractivity contribution in [2.24, 2.45) is 0 Å². The number of methoxy groups -OCH3 is 2. The highest BCUT2D eigenvalue weighted by atomic mass is 19.1. The molecule has 0 amide bonds. The van der Waals surface area contributed by atoms with Gasteiger partial charge in [0.2, 0.25) is 0 Å². The van der Waals surface area contributed by atoms with Crippen LogP contribution in [0.1, 0.15) is 15.9 Å². The quantitative estimate of drug-likeness (QED) is 0.696. The van der Waals surface area contributed by atoms with Crippen LogP contribution in [0.3, 0.4) is 0 Å². The summed E-state index contributed by atoms with van der Waals surface area (Å²) in [7, 11) is 2.72. The Morgan fingerprint density at radius 2 is 2.14 bits per heavy atom. The molecule has 0 aliphatic carbocycles. The molecule has 0 aliphatic rings. The Balaban J connectivity index is 3.07. The van der Waals surface area contributed by atoms with E-state index in [1.807, 2.05) is 0 Å². The molecule has 0 fully saturated rings. The van der Waals surface area contributed by atoms with Gasteiger partial charge in [0.1, 0.15) is 12.4 Å². The van der Waals surface area contributed by atoms with E-state index in [4.69, 9.17) is 4.74 Å². The third kappa shape index (κ3) is 2.02. The van der Waals surface area contributed by atoms with Crippen molar-refractivity contribution in [3.63, 3.8) is 0 Å². The molecule has 0 aromatic heterocycles. The molecule has 0 aliphatic heterocycles. The second-order valence-electron chi connectivity index (χ2n) is 2.65. The van der Waals surface area contributed by atoms with Gasteiger partial charge in [-0.05, 0) is 12.1 Å². The van der Waals surface area contributed by atoms with E-state index >= 15 is 0 Å². The van der Waals surface area contributed by atoms with Gasteiger partial charge in [-0.3, -0.25) is 0 Å². The molecule has 0 heterocycles. The summed E-state index contributed by atoms with van der Waals surface area (Å²) in [6.45, 7) is -0.620. The average Bonchev–Trinajstić information content (AvgIpc) is 2.26. The predicted molar refractivity (Wildman–Crippen MR) is 49.1 cm³/mol. The van der Waals surface area contributed by atoms with Gasteiger partial charge in [0.15, 0.2) is 0 Å². The van der Waals surface area contributed by atoms with Crippen LogP contribution in [0.4, 0.5) is 4.39 Å². The maximum absolute atomic E-state index is 12.4. The second kappa shape index (κ2) is 4.60. The van der Waals surface area contributed by atoms with Crippen LogP contribution in [0, 0.1) is 0 Å². The molecule has 3 nitrogen and oxygen atoms in total. The summed E-state index contributed by atoms with van der Waals surface area (Å²) in [6.07, 6.45) is 0. The van der Waals surface area contributed by atoms with Crippen molar-refractivity contribution >= 4 is 5.97 Å². The number of benzene rings is 1. The first-order valence-corrected chi connectivity index (χ1v) is 4.04. The van der Waals surface area contributed by atoms with Gasteiger partial charge in [-0.1, -0.05) is 6.07 Å². The van der Waals surface area contributed by atoms with Gasteiger partial charge in [-0.2, -0.15) is 0 Å². The number of alkyl halides is 1. The molecule has 0 radical (unpaired) electrons. The molecule has 0 spiro atoms. The minimum absolute atomic E-state index is 0.349. The lowest BCUT2D eigenvalue weighted by Gasteiger charge is -2.06. The first-order valence-electron chi connectivity index (χ1n) is 4.04. The molecule has 0 N–H and O–H groups in total. The Morgan fingerprint density at radius 3 is 2.64 bits per heavy atom. The SMILES string of the molecule is COC(=O)c1ccc(CF)c(OC)c1. The third-order valence-corrected chi connectivity index (χ3v) is 1.85. The fourth-order valence-electron chi connectivity index (χ4n) is 1.10. The monoisotopic (exact) mass is 198 g/mol. The molecule has 14 heavy (non-hydrogen) atoms. The lowest BCUT2D eigenvalue weighted by atomic mass is 10.1. The van der Waals surface area contributed by atoms with E-state index in [1.54, 1.807) is 0 Å². The maximum atomic E-state index is 12.4. The summed E-state index contributed by atoms with van der Waals surface area (Å²) < 4.78 is 21.8. The van der Waals surface area contributed by atoms with E-state index in [2.05, 4.69) is 4.74 Å². The van der Waals surface area contributed by atoms with Crippen molar-refractivity contribution in [3.8, 4) is 5.75 Å². The average molecular weight is 198 g/mol. The van der Waals surface area contributed by atoms with E-state index in [1.165, 1.54) is 32.4 Å². The van der Waals surface area contributed by atoms with Crippen molar-refractivity contribution in [3.05, 3.63) is 29.3 Å². The van der Waals surface area contributed by atoms with Crippen LogP contribution in [0.25, 0.3) is 0 Å². The fourth-order valence-corrected chi connectivity index (χ4v) is 1.10. The standard InChI is InChI=1S/C10H11FO3/c1-13-9-5-7(10(12)14-2)3-4-8(9)6-11/h3-5H,6H2,1-2H3. The smallest absolute Gasteiger partial charge is 0.337 e. The second-order valence-corrected chi connectivity index (χ2v) is 2.65. The number of halogens is 1. The summed E-state index contributed by atoms with van der Waals surface area (Å²) >= 11 is 0. The van der Waals surface area contributed by atoms with E-state index in [9.17, 15) is 9.18 Å². The molecule has 1 aromatic rings. The topological polar surface area (TPSA) is 35.5 Å². The van der Waals surface area contributed by atoms with Crippen molar-refractivity contribution in [2.45, 2.75) is 6.67 Å². The van der Waals surface area contributed by atoms with Crippen LogP contribution in [-0.4, -0.2) is 20.2 Å². The lowest BCUT2D eigenvalue weighted by molar-refractivity contribution is 0.0600. The normalized spacial score (nSPS) is 9.64. The number of esters is 1. The molecule has 4 heteroatoms. The number of carbonyl (C=O) groups excluding carboxylic acids is 1. The molecule has 0 unspecified atom stereocenters. The van der Waals surface area contributed by atoms with Gasteiger partial charge < -0.3 is 9.47 Å². The number of hydrogen-bond acceptors (Lipinski definition) is 3. The first-order chi connectivity index (χ1) is 6.72. The van der Waals surface area contributed by atoms with E-state index in [0.29, 0.717) is 16.9 Å². The van der Waals surface area contributed by atoms with Crippen LogP contribution in [0.5, 0.6) is 5.75 Å². The number of carbonyl (C=O) groups is 1. The molecule has 0 saturated heterocycles. The van der Waals surface area contributed by atoms with Crippen LogP contribution < -0.4 is 4.74 Å². The predicted octanol–water partition coefficient (Wildman–Crippen LogP) is 1.95. The van der Waals surface area contributed by atoms with Gasteiger partial charge in [0.05, 0.1) is 19.8 Å². The number of hydrogen-bond donors (Lipinski definition) is 0. The summed E-state index contributed by atoms with van der Waals surface area (Å²) in [4.78, 5) is 11.1. The van der Waals surface area contributed by atoms with Gasteiger partial charge in [0.25, 0.3) is 0 Å². The Hall–Kier alpha value is -1.58. The van der Waals surface area contributed by atoms with Crippen LogP contribution >= 0.6 is 0 Å².